The monoisotopic (exact) mass is 458 g/mol. The van der Waals surface area contributed by atoms with Gasteiger partial charge < -0.3 is 19.3 Å². The number of anilines is 2. The lowest BCUT2D eigenvalue weighted by Crippen LogP contribution is -2.36. The van der Waals surface area contributed by atoms with E-state index in [4.69, 9.17) is 9.47 Å². The standard InChI is InChI=1S/C16H18N4O6S3/c21-19(22)13-11(17-1-5-25-6-2-17)9-27-15(13)29-16-14(20(23)24)12(10-28-16)18-3-7-26-8-4-18/h9-10H,1-8H2. The van der Waals surface area contributed by atoms with E-state index in [0.717, 1.165) is 11.8 Å². The summed E-state index contributed by atoms with van der Waals surface area (Å²) in [5.41, 5.74) is 1.13. The molecular formula is C16H18N4O6S3. The molecule has 0 atom stereocenters. The van der Waals surface area contributed by atoms with Crippen molar-refractivity contribution in [3.8, 4) is 0 Å². The molecule has 0 spiro atoms. The molecule has 2 aromatic rings. The van der Waals surface area contributed by atoms with Gasteiger partial charge in [-0.1, -0.05) is 11.8 Å². The largest absolute Gasteiger partial charge is 0.378 e. The summed E-state index contributed by atoms with van der Waals surface area (Å²) in [4.78, 5) is 26.7. The predicted molar refractivity (Wildman–Crippen MR) is 112 cm³/mol. The van der Waals surface area contributed by atoms with E-state index in [0.29, 0.717) is 72.4 Å². The Hall–Kier alpha value is -1.93. The highest BCUT2D eigenvalue weighted by molar-refractivity contribution is 8.03. The van der Waals surface area contributed by atoms with Crippen molar-refractivity contribution in [2.75, 3.05) is 62.4 Å². The lowest BCUT2D eigenvalue weighted by molar-refractivity contribution is -0.386. The lowest BCUT2D eigenvalue weighted by Gasteiger charge is -2.27. The molecule has 13 heteroatoms. The molecule has 10 nitrogen and oxygen atoms in total. The Balaban J connectivity index is 1.65. The van der Waals surface area contributed by atoms with Gasteiger partial charge in [-0.25, -0.2) is 0 Å². The number of hydrogen-bond donors (Lipinski definition) is 0. The number of ether oxygens (including phenoxy) is 2. The van der Waals surface area contributed by atoms with Gasteiger partial charge in [-0.3, -0.25) is 20.2 Å². The molecule has 2 aliphatic heterocycles. The van der Waals surface area contributed by atoms with E-state index in [9.17, 15) is 20.2 Å². The first-order valence-electron chi connectivity index (χ1n) is 8.91. The van der Waals surface area contributed by atoms with Gasteiger partial charge in [0.1, 0.15) is 19.8 Å². The van der Waals surface area contributed by atoms with Gasteiger partial charge in [0.2, 0.25) is 0 Å². The Kier molecular flexibility index (Phi) is 6.20. The Bertz CT molecular complexity index is 832. The second-order valence-corrected chi connectivity index (χ2v) is 9.63. The number of thiophene rings is 2. The van der Waals surface area contributed by atoms with Crippen LogP contribution in [0, 0.1) is 20.2 Å². The van der Waals surface area contributed by atoms with Crippen molar-refractivity contribution in [2.45, 2.75) is 8.42 Å². The third kappa shape index (κ3) is 4.19. The minimum absolute atomic E-state index is 0.0116. The maximum Gasteiger partial charge on any atom is 0.317 e. The first kappa shape index (κ1) is 20.3. The molecule has 2 fully saturated rings. The van der Waals surface area contributed by atoms with Crippen LogP contribution in [0.1, 0.15) is 0 Å². The summed E-state index contributed by atoms with van der Waals surface area (Å²) >= 11 is 3.60. The number of hydrogen-bond acceptors (Lipinski definition) is 11. The van der Waals surface area contributed by atoms with Gasteiger partial charge in [-0.2, -0.15) is 0 Å². The van der Waals surface area contributed by atoms with Gasteiger partial charge in [0.15, 0.2) is 0 Å². The van der Waals surface area contributed by atoms with Crippen LogP contribution >= 0.6 is 34.4 Å². The zero-order valence-electron chi connectivity index (χ0n) is 15.3. The Labute approximate surface area is 178 Å². The fraction of sp³-hybridized carbons (Fsp3) is 0.500. The van der Waals surface area contributed by atoms with Crippen LogP contribution in [0.15, 0.2) is 19.2 Å². The fourth-order valence-electron chi connectivity index (χ4n) is 3.27. The molecule has 29 heavy (non-hydrogen) atoms. The summed E-state index contributed by atoms with van der Waals surface area (Å²) in [6.07, 6.45) is 0. The molecule has 0 aliphatic carbocycles. The van der Waals surface area contributed by atoms with Crippen molar-refractivity contribution in [3.05, 3.63) is 31.0 Å². The molecule has 0 radical (unpaired) electrons. The van der Waals surface area contributed by atoms with E-state index in [-0.39, 0.29) is 11.4 Å². The van der Waals surface area contributed by atoms with Crippen LogP contribution < -0.4 is 9.80 Å². The zero-order chi connectivity index (χ0) is 20.4. The molecule has 0 N–H and O–H groups in total. The van der Waals surface area contributed by atoms with E-state index in [1.54, 1.807) is 10.8 Å². The molecule has 4 heterocycles. The second kappa shape index (κ2) is 8.83. The van der Waals surface area contributed by atoms with E-state index in [1.165, 1.54) is 22.7 Å². The van der Waals surface area contributed by atoms with Crippen LogP contribution in [0.3, 0.4) is 0 Å². The summed E-state index contributed by atoms with van der Waals surface area (Å²) in [6.45, 7) is 4.43. The zero-order valence-corrected chi connectivity index (χ0v) is 17.7. The quantitative estimate of drug-likeness (QED) is 0.474. The molecular weight excluding hydrogens is 440 g/mol. The van der Waals surface area contributed by atoms with Gasteiger partial charge in [0.05, 0.1) is 36.3 Å². The van der Waals surface area contributed by atoms with Crippen LogP contribution in [-0.2, 0) is 9.47 Å². The fourth-order valence-corrected chi connectivity index (χ4v) is 6.87. The van der Waals surface area contributed by atoms with Gasteiger partial charge in [-0.15, -0.1) is 22.7 Å². The van der Waals surface area contributed by atoms with Gasteiger partial charge in [-0.05, 0) is 0 Å². The van der Waals surface area contributed by atoms with Crippen LogP contribution in [-0.4, -0.2) is 62.5 Å². The lowest BCUT2D eigenvalue weighted by atomic mass is 10.3. The van der Waals surface area contributed by atoms with Crippen LogP contribution in [0.5, 0.6) is 0 Å². The Morgan fingerprint density at radius 1 is 0.793 bits per heavy atom. The minimum atomic E-state index is -0.397. The maximum atomic E-state index is 11.8. The number of nitrogens with zero attached hydrogens (tertiary/aromatic N) is 4. The second-order valence-electron chi connectivity index (χ2n) is 6.33. The molecule has 4 rings (SSSR count). The van der Waals surface area contributed by atoms with E-state index >= 15 is 0 Å². The smallest absolute Gasteiger partial charge is 0.317 e. The van der Waals surface area contributed by atoms with Gasteiger partial charge in [0, 0.05) is 36.9 Å². The molecule has 0 bridgehead atoms. The molecule has 2 saturated heterocycles. The van der Waals surface area contributed by atoms with Crippen LogP contribution in [0.2, 0.25) is 0 Å². The third-order valence-corrected chi connectivity index (χ3v) is 8.01. The van der Waals surface area contributed by atoms with Crippen molar-refractivity contribution in [2.24, 2.45) is 0 Å². The molecule has 0 amide bonds. The number of nitro groups is 2. The van der Waals surface area contributed by atoms with Gasteiger partial charge >= 0.3 is 11.4 Å². The van der Waals surface area contributed by atoms with E-state index in [2.05, 4.69) is 0 Å². The minimum Gasteiger partial charge on any atom is -0.378 e. The first-order chi connectivity index (χ1) is 14.1. The SMILES string of the molecule is O=[N+]([O-])c1c(N2CCOCC2)csc1Sc1scc(N2CCOCC2)c1[N+](=O)[O-]. The van der Waals surface area contributed by atoms with Crippen molar-refractivity contribution in [3.63, 3.8) is 0 Å². The van der Waals surface area contributed by atoms with E-state index in [1.807, 2.05) is 9.80 Å². The van der Waals surface area contributed by atoms with Crippen molar-refractivity contribution < 1.29 is 19.3 Å². The average Bonchev–Trinajstić information content (AvgIpc) is 3.34. The summed E-state index contributed by atoms with van der Waals surface area (Å²) in [5.74, 6) is 0. The number of morpholine rings is 2. The highest BCUT2D eigenvalue weighted by atomic mass is 32.2. The maximum absolute atomic E-state index is 11.8. The van der Waals surface area contributed by atoms with E-state index < -0.39 is 9.85 Å². The highest BCUT2D eigenvalue weighted by Gasteiger charge is 2.33. The molecule has 0 unspecified atom stereocenters. The van der Waals surface area contributed by atoms with Crippen molar-refractivity contribution in [1.82, 2.24) is 0 Å². The summed E-state index contributed by atoms with van der Waals surface area (Å²) in [6, 6.07) is 0. The highest BCUT2D eigenvalue weighted by Crippen LogP contribution is 2.52. The molecule has 0 aromatic carbocycles. The summed E-state index contributed by atoms with van der Waals surface area (Å²) < 4.78 is 11.6. The Morgan fingerprint density at radius 3 is 1.52 bits per heavy atom. The van der Waals surface area contributed by atoms with Crippen LogP contribution in [0.4, 0.5) is 22.7 Å². The summed E-state index contributed by atoms with van der Waals surface area (Å²) in [7, 11) is 0. The molecule has 2 aliphatic rings. The first-order valence-corrected chi connectivity index (χ1v) is 11.5. The van der Waals surface area contributed by atoms with Crippen molar-refractivity contribution in [1.29, 1.82) is 0 Å². The predicted octanol–water partition coefficient (Wildman–Crippen LogP) is 3.45. The van der Waals surface area contributed by atoms with Gasteiger partial charge in [0.25, 0.3) is 0 Å². The topological polar surface area (TPSA) is 111 Å². The van der Waals surface area contributed by atoms with Crippen LogP contribution in [0.25, 0.3) is 0 Å². The molecule has 156 valence electrons. The number of rotatable bonds is 6. The summed E-state index contributed by atoms with van der Waals surface area (Å²) in [5, 5.41) is 27.1. The van der Waals surface area contributed by atoms with Crippen molar-refractivity contribution >= 4 is 57.2 Å². The molecule has 2 aromatic heterocycles. The third-order valence-electron chi connectivity index (χ3n) is 4.68. The normalized spacial score (nSPS) is 17.5. The Morgan fingerprint density at radius 2 is 1.17 bits per heavy atom. The average molecular weight is 459 g/mol. The molecule has 0 saturated carbocycles.